The number of unbranched alkanes of at least 4 members (excludes halogenated alkanes) is 2. The molecule has 0 aliphatic carbocycles. The van der Waals surface area contributed by atoms with Gasteiger partial charge in [-0.2, -0.15) is 8.42 Å². The van der Waals surface area contributed by atoms with E-state index in [0.717, 1.165) is 44.3 Å². The Bertz CT molecular complexity index is 665. The number of hydrogen-bond acceptors (Lipinski definition) is 4. The summed E-state index contributed by atoms with van der Waals surface area (Å²) in [5.74, 6) is 0.707. The van der Waals surface area contributed by atoms with Gasteiger partial charge in [-0.3, -0.25) is 4.90 Å². The molecular weight excluding hydrogens is 350 g/mol. The number of hydrogen-bond donors (Lipinski definition) is 0. The van der Waals surface area contributed by atoms with Crippen molar-refractivity contribution < 1.29 is 13.2 Å². The maximum Gasteiger partial charge on any atom is 0.283 e. The van der Waals surface area contributed by atoms with E-state index in [1.807, 2.05) is 0 Å². The molecule has 26 heavy (non-hydrogen) atoms. The minimum Gasteiger partial charge on any atom is -0.496 e. The fraction of sp³-hybridized carbons (Fsp3) is 0.632. The van der Waals surface area contributed by atoms with E-state index in [0.29, 0.717) is 12.3 Å². The molecule has 0 aromatic heterocycles. The molecular formula is C19H33N3O3S. The molecule has 0 N–H and O–H groups in total. The first kappa shape index (κ1) is 22.4. The molecule has 0 radical (unpaired) electrons. The Labute approximate surface area is 158 Å². The lowest BCUT2D eigenvalue weighted by molar-refractivity contribution is 0.253. The molecule has 148 valence electrons. The van der Waals surface area contributed by atoms with Gasteiger partial charge < -0.3 is 9.64 Å². The summed E-state index contributed by atoms with van der Waals surface area (Å²) < 4.78 is 34.1. The fourth-order valence-corrected chi connectivity index (χ4v) is 3.50. The number of nitrogens with zero attached hydrogens (tertiary/aromatic N) is 3. The smallest absolute Gasteiger partial charge is 0.283 e. The summed E-state index contributed by atoms with van der Waals surface area (Å²) in [6.45, 7) is 7.01. The van der Waals surface area contributed by atoms with Crippen molar-refractivity contribution in [3.63, 3.8) is 0 Å². The van der Waals surface area contributed by atoms with Crippen molar-refractivity contribution in [1.29, 1.82) is 0 Å². The molecule has 0 fully saturated rings. The van der Waals surface area contributed by atoms with Crippen LogP contribution in [-0.2, 0) is 16.6 Å². The van der Waals surface area contributed by atoms with Gasteiger partial charge in [0, 0.05) is 26.2 Å². The minimum atomic E-state index is -3.72. The number of rotatable bonds is 12. The first-order valence-electron chi connectivity index (χ1n) is 9.20. The minimum absolute atomic E-state index is 0.192. The van der Waals surface area contributed by atoms with Crippen LogP contribution in [0.3, 0.4) is 0 Å². The van der Waals surface area contributed by atoms with Gasteiger partial charge in [0.25, 0.3) is 10.0 Å². The monoisotopic (exact) mass is 383 g/mol. The van der Waals surface area contributed by atoms with Gasteiger partial charge in [0.2, 0.25) is 0 Å². The first-order chi connectivity index (χ1) is 12.3. The third-order valence-electron chi connectivity index (χ3n) is 4.02. The van der Waals surface area contributed by atoms with Crippen LogP contribution in [0.4, 0.5) is 0 Å². The van der Waals surface area contributed by atoms with Crippen LogP contribution in [0.1, 0.15) is 45.1 Å². The van der Waals surface area contributed by atoms with Crippen molar-refractivity contribution in [3.8, 4) is 5.75 Å². The highest BCUT2D eigenvalue weighted by Gasteiger charge is 2.17. The highest BCUT2D eigenvalue weighted by molar-refractivity contribution is 7.90. The van der Waals surface area contributed by atoms with Crippen molar-refractivity contribution in [2.24, 2.45) is 4.40 Å². The van der Waals surface area contributed by atoms with Gasteiger partial charge in [-0.1, -0.05) is 26.7 Å². The van der Waals surface area contributed by atoms with Crippen molar-refractivity contribution in [3.05, 3.63) is 23.8 Å². The molecule has 1 aromatic carbocycles. The standard InChI is InChI=1S/C19H33N3O3S/c1-6-8-12-22(13-9-7-2)15-17-14-18(10-11-19(17)25-5)26(23,24)20-16-21(3)4/h10-11,14,16H,6-9,12-13,15H2,1-5H3/b20-16+. The lowest BCUT2D eigenvalue weighted by Crippen LogP contribution is -2.26. The Morgan fingerprint density at radius 2 is 1.73 bits per heavy atom. The fourth-order valence-electron chi connectivity index (χ4n) is 2.53. The Balaban J connectivity index is 3.11. The zero-order valence-corrected chi connectivity index (χ0v) is 17.6. The Morgan fingerprint density at radius 1 is 1.12 bits per heavy atom. The van der Waals surface area contributed by atoms with Crippen molar-refractivity contribution in [2.45, 2.75) is 51.0 Å². The molecule has 7 heteroatoms. The zero-order valence-electron chi connectivity index (χ0n) is 16.7. The van der Waals surface area contributed by atoms with Gasteiger partial charge >= 0.3 is 0 Å². The molecule has 0 heterocycles. The van der Waals surface area contributed by atoms with E-state index in [1.54, 1.807) is 44.3 Å². The quantitative estimate of drug-likeness (QED) is 0.409. The van der Waals surface area contributed by atoms with Gasteiger partial charge in [0.05, 0.1) is 12.0 Å². The van der Waals surface area contributed by atoms with E-state index in [9.17, 15) is 8.42 Å². The van der Waals surface area contributed by atoms with E-state index >= 15 is 0 Å². The maximum atomic E-state index is 12.4. The third kappa shape index (κ3) is 7.33. The largest absolute Gasteiger partial charge is 0.496 e. The molecule has 0 aliphatic rings. The number of methoxy groups -OCH3 is 1. The molecule has 0 atom stereocenters. The molecule has 0 unspecified atom stereocenters. The van der Waals surface area contributed by atoms with Gasteiger partial charge in [0.15, 0.2) is 0 Å². The molecule has 1 rings (SSSR count). The SMILES string of the molecule is CCCCN(CCCC)Cc1cc(S(=O)(=O)/N=C/N(C)C)ccc1OC. The Kier molecular flexibility index (Phi) is 9.65. The maximum absolute atomic E-state index is 12.4. The second-order valence-corrected chi connectivity index (χ2v) is 8.25. The molecule has 0 spiro atoms. The third-order valence-corrected chi connectivity index (χ3v) is 5.24. The molecule has 6 nitrogen and oxygen atoms in total. The van der Waals surface area contributed by atoms with E-state index < -0.39 is 10.0 Å². The van der Waals surface area contributed by atoms with E-state index in [4.69, 9.17) is 4.74 Å². The van der Waals surface area contributed by atoms with Gasteiger partial charge in [-0.25, -0.2) is 0 Å². The van der Waals surface area contributed by atoms with Crippen molar-refractivity contribution in [1.82, 2.24) is 9.80 Å². The van der Waals surface area contributed by atoms with Crippen LogP contribution in [0.5, 0.6) is 5.75 Å². The summed E-state index contributed by atoms with van der Waals surface area (Å²) in [5, 5.41) is 0. The number of sulfonamides is 1. The van der Waals surface area contributed by atoms with Crippen LogP contribution in [0, 0.1) is 0 Å². The van der Waals surface area contributed by atoms with Crippen LogP contribution < -0.4 is 4.74 Å². The van der Waals surface area contributed by atoms with Crippen LogP contribution in [0.2, 0.25) is 0 Å². The van der Waals surface area contributed by atoms with Crippen LogP contribution in [0.15, 0.2) is 27.5 Å². The average molecular weight is 384 g/mol. The molecule has 0 saturated heterocycles. The van der Waals surface area contributed by atoms with Crippen molar-refractivity contribution in [2.75, 3.05) is 34.3 Å². The molecule has 0 saturated carbocycles. The molecule has 0 aliphatic heterocycles. The summed E-state index contributed by atoms with van der Waals surface area (Å²) >= 11 is 0. The van der Waals surface area contributed by atoms with E-state index in [2.05, 4.69) is 23.1 Å². The Hall–Kier alpha value is -1.60. The normalized spacial score (nSPS) is 12.1. The Morgan fingerprint density at radius 3 is 2.23 bits per heavy atom. The second kappa shape index (κ2) is 11.2. The zero-order chi connectivity index (χ0) is 19.6. The highest BCUT2D eigenvalue weighted by Crippen LogP contribution is 2.25. The predicted octanol–water partition coefficient (Wildman–Crippen LogP) is 3.38. The lowest BCUT2D eigenvalue weighted by atomic mass is 10.1. The topological polar surface area (TPSA) is 62.2 Å². The van der Waals surface area contributed by atoms with Crippen LogP contribution >= 0.6 is 0 Å². The summed E-state index contributed by atoms with van der Waals surface area (Å²) in [4.78, 5) is 4.15. The van der Waals surface area contributed by atoms with Crippen molar-refractivity contribution >= 4 is 16.4 Å². The molecule has 1 aromatic rings. The van der Waals surface area contributed by atoms with E-state index in [1.165, 1.54) is 6.34 Å². The van der Waals surface area contributed by atoms with E-state index in [-0.39, 0.29) is 4.90 Å². The first-order valence-corrected chi connectivity index (χ1v) is 10.6. The summed E-state index contributed by atoms with van der Waals surface area (Å²) in [6, 6.07) is 4.95. The number of benzene rings is 1. The predicted molar refractivity (Wildman–Crippen MR) is 107 cm³/mol. The lowest BCUT2D eigenvalue weighted by Gasteiger charge is -2.23. The van der Waals surface area contributed by atoms with Crippen LogP contribution in [-0.4, -0.2) is 58.9 Å². The summed E-state index contributed by atoms with van der Waals surface area (Å²) in [5.41, 5.74) is 0.876. The number of ether oxygens (including phenoxy) is 1. The average Bonchev–Trinajstić information content (AvgIpc) is 2.62. The summed E-state index contributed by atoms with van der Waals surface area (Å²) in [7, 11) is 1.36. The highest BCUT2D eigenvalue weighted by atomic mass is 32.2. The molecule has 0 amide bonds. The van der Waals surface area contributed by atoms with Gasteiger partial charge in [0.1, 0.15) is 12.1 Å². The van der Waals surface area contributed by atoms with Gasteiger partial charge in [-0.15, -0.1) is 4.40 Å². The van der Waals surface area contributed by atoms with Gasteiger partial charge in [-0.05, 0) is 44.1 Å². The molecule has 0 bridgehead atoms. The summed E-state index contributed by atoms with van der Waals surface area (Å²) in [6.07, 6.45) is 5.81. The van der Waals surface area contributed by atoms with Crippen LogP contribution in [0.25, 0.3) is 0 Å². The second-order valence-electron chi connectivity index (χ2n) is 6.62.